The van der Waals surface area contributed by atoms with Crippen molar-refractivity contribution in [2.24, 2.45) is 0 Å². The Morgan fingerprint density at radius 3 is 2.30 bits per heavy atom. The van der Waals surface area contributed by atoms with Gasteiger partial charge in [-0.15, -0.1) is 0 Å². The molecular weight excluding hydrogens is 284 g/mol. The van der Waals surface area contributed by atoms with Crippen LogP contribution in [0, 0.1) is 0 Å². The zero-order valence-corrected chi connectivity index (χ0v) is 9.89. The molecule has 1 rings (SSSR count). The molecule has 0 fully saturated rings. The van der Waals surface area contributed by atoms with E-state index >= 15 is 0 Å². The fraction of sp³-hybridized carbons (Fsp3) is 0.273. The average Bonchev–Trinajstić information content (AvgIpc) is 2.35. The van der Waals surface area contributed by atoms with E-state index in [4.69, 9.17) is 10.8 Å². The molecule has 20 heavy (non-hydrogen) atoms. The largest absolute Gasteiger partial charge is 0.480 e. The number of anilines is 2. The molecule has 1 aromatic carbocycles. The molecule has 110 valence electrons. The van der Waals surface area contributed by atoms with Crippen LogP contribution in [0.3, 0.4) is 0 Å². The Labute approximate surface area is 110 Å². The van der Waals surface area contributed by atoms with E-state index in [9.17, 15) is 27.2 Å². The minimum atomic E-state index is -5.00. The van der Waals surface area contributed by atoms with Crippen LogP contribution in [-0.4, -0.2) is 35.9 Å². The lowest BCUT2D eigenvalue weighted by Gasteiger charge is -2.26. The van der Waals surface area contributed by atoms with Gasteiger partial charge in [-0.05, 0) is 12.1 Å². The normalized spacial score (nSPS) is 11.4. The highest BCUT2D eigenvalue weighted by atomic mass is 19.3. The van der Waals surface area contributed by atoms with Gasteiger partial charge in [-0.2, -0.15) is 8.78 Å². The van der Waals surface area contributed by atoms with Gasteiger partial charge in [0.05, 0.1) is 11.4 Å². The standard InChI is InChI=1S/C11H10F4N2O3/c12-9(13)11(14,15)10(20)17(5-8(18)19)7-4-2-1-3-6(7)16/h1-4,9H,5,16H2,(H,18,19). The number of amides is 1. The van der Waals surface area contributed by atoms with E-state index in [1.807, 2.05) is 0 Å². The monoisotopic (exact) mass is 294 g/mol. The summed E-state index contributed by atoms with van der Waals surface area (Å²) in [6.45, 7) is -1.21. The second-order valence-corrected chi connectivity index (χ2v) is 3.77. The number of hydrogen-bond donors (Lipinski definition) is 2. The molecule has 0 bridgehead atoms. The van der Waals surface area contributed by atoms with Gasteiger partial charge >= 0.3 is 24.2 Å². The summed E-state index contributed by atoms with van der Waals surface area (Å²) >= 11 is 0. The Bertz CT molecular complexity index is 522. The number of carbonyl (C=O) groups excluding carboxylic acids is 1. The van der Waals surface area contributed by atoms with Crippen LogP contribution in [0.25, 0.3) is 0 Å². The Hall–Kier alpha value is -2.32. The predicted octanol–water partition coefficient (Wildman–Crippen LogP) is 1.59. The van der Waals surface area contributed by atoms with Crippen molar-refractivity contribution >= 4 is 23.3 Å². The topological polar surface area (TPSA) is 83.6 Å². The molecule has 0 atom stereocenters. The number of nitrogen functional groups attached to an aromatic ring is 1. The van der Waals surface area contributed by atoms with Crippen LogP contribution in [0.15, 0.2) is 24.3 Å². The van der Waals surface area contributed by atoms with Crippen LogP contribution >= 0.6 is 0 Å². The van der Waals surface area contributed by atoms with Crippen molar-refractivity contribution in [2.75, 3.05) is 17.2 Å². The van der Waals surface area contributed by atoms with Crippen molar-refractivity contribution in [3.8, 4) is 0 Å². The number of nitrogens with two attached hydrogens (primary N) is 1. The van der Waals surface area contributed by atoms with Crippen LogP contribution in [0.2, 0.25) is 0 Å². The van der Waals surface area contributed by atoms with Gasteiger partial charge in [0, 0.05) is 0 Å². The number of carbonyl (C=O) groups is 2. The highest BCUT2D eigenvalue weighted by molar-refractivity contribution is 6.03. The van der Waals surface area contributed by atoms with E-state index < -0.39 is 30.8 Å². The quantitative estimate of drug-likeness (QED) is 0.638. The molecule has 9 heteroatoms. The van der Waals surface area contributed by atoms with Crippen LogP contribution in [0.4, 0.5) is 28.9 Å². The van der Waals surface area contributed by atoms with Crippen molar-refractivity contribution in [1.82, 2.24) is 0 Å². The van der Waals surface area contributed by atoms with Crippen molar-refractivity contribution in [1.29, 1.82) is 0 Å². The molecule has 0 aliphatic rings. The number of aliphatic carboxylic acids is 1. The zero-order valence-electron chi connectivity index (χ0n) is 9.89. The second kappa shape index (κ2) is 5.76. The van der Waals surface area contributed by atoms with Crippen molar-refractivity contribution in [3.05, 3.63) is 24.3 Å². The number of nitrogens with zero attached hydrogens (tertiary/aromatic N) is 1. The fourth-order valence-corrected chi connectivity index (χ4v) is 1.41. The highest BCUT2D eigenvalue weighted by Crippen LogP contribution is 2.30. The van der Waals surface area contributed by atoms with Crippen molar-refractivity contribution in [2.45, 2.75) is 12.3 Å². The first-order valence-corrected chi connectivity index (χ1v) is 5.22. The Balaban J connectivity index is 3.24. The molecule has 0 spiro atoms. The predicted molar refractivity (Wildman–Crippen MR) is 61.8 cm³/mol. The van der Waals surface area contributed by atoms with Gasteiger partial charge in [0.25, 0.3) is 0 Å². The molecule has 0 aromatic heterocycles. The Morgan fingerprint density at radius 2 is 1.85 bits per heavy atom. The van der Waals surface area contributed by atoms with Gasteiger partial charge in [0.2, 0.25) is 0 Å². The lowest BCUT2D eigenvalue weighted by molar-refractivity contribution is -0.167. The van der Waals surface area contributed by atoms with Gasteiger partial charge in [-0.1, -0.05) is 12.1 Å². The van der Waals surface area contributed by atoms with E-state index in [2.05, 4.69) is 0 Å². The van der Waals surface area contributed by atoms with Gasteiger partial charge in [0.15, 0.2) is 0 Å². The van der Waals surface area contributed by atoms with Gasteiger partial charge < -0.3 is 10.8 Å². The van der Waals surface area contributed by atoms with Crippen LogP contribution in [0.1, 0.15) is 0 Å². The third-order valence-electron chi connectivity index (χ3n) is 2.33. The highest BCUT2D eigenvalue weighted by Gasteiger charge is 2.52. The molecule has 0 unspecified atom stereocenters. The molecule has 0 aliphatic carbocycles. The number of para-hydroxylation sites is 2. The molecule has 0 saturated carbocycles. The maximum absolute atomic E-state index is 13.1. The number of benzene rings is 1. The SMILES string of the molecule is Nc1ccccc1N(CC(=O)O)C(=O)C(F)(F)C(F)F. The molecule has 5 nitrogen and oxygen atoms in total. The summed E-state index contributed by atoms with van der Waals surface area (Å²) in [5.74, 6) is -8.97. The molecule has 3 N–H and O–H groups in total. The van der Waals surface area contributed by atoms with E-state index in [0.717, 1.165) is 6.07 Å². The average molecular weight is 294 g/mol. The lowest BCUT2D eigenvalue weighted by Crippen LogP contribution is -2.49. The molecule has 1 aromatic rings. The zero-order chi connectivity index (χ0) is 15.5. The first-order valence-electron chi connectivity index (χ1n) is 5.22. The summed E-state index contributed by atoms with van der Waals surface area (Å²) < 4.78 is 50.6. The van der Waals surface area contributed by atoms with E-state index in [1.54, 1.807) is 0 Å². The molecule has 0 saturated heterocycles. The van der Waals surface area contributed by atoms with Crippen molar-refractivity contribution in [3.63, 3.8) is 0 Å². The molecule has 0 heterocycles. The second-order valence-electron chi connectivity index (χ2n) is 3.77. The summed E-state index contributed by atoms with van der Waals surface area (Å²) in [7, 11) is 0. The summed E-state index contributed by atoms with van der Waals surface area (Å²) in [5.41, 5.74) is 4.87. The number of rotatable bonds is 5. The summed E-state index contributed by atoms with van der Waals surface area (Å²) in [6, 6.07) is 5.01. The molecule has 0 aliphatic heterocycles. The number of hydrogen-bond acceptors (Lipinski definition) is 3. The summed E-state index contributed by atoms with van der Waals surface area (Å²) in [4.78, 5) is 22.1. The lowest BCUT2D eigenvalue weighted by atomic mass is 10.2. The Kier molecular flexibility index (Phi) is 4.53. The minimum absolute atomic E-state index is 0.0177. The molecule has 1 amide bonds. The van der Waals surface area contributed by atoms with Gasteiger partial charge in [-0.25, -0.2) is 8.78 Å². The maximum Gasteiger partial charge on any atom is 0.384 e. The van der Waals surface area contributed by atoms with Gasteiger partial charge in [0.1, 0.15) is 6.54 Å². The first kappa shape index (κ1) is 15.7. The summed E-state index contributed by atoms with van der Waals surface area (Å²) in [6.07, 6.45) is -4.25. The van der Waals surface area contributed by atoms with Gasteiger partial charge in [-0.3, -0.25) is 14.5 Å². The van der Waals surface area contributed by atoms with Crippen LogP contribution in [0.5, 0.6) is 0 Å². The minimum Gasteiger partial charge on any atom is -0.480 e. The first-order chi connectivity index (χ1) is 9.17. The van der Waals surface area contributed by atoms with E-state index in [0.29, 0.717) is 0 Å². The van der Waals surface area contributed by atoms with E-state index in [1.165, 1.54) is 18.2 Å². The number of carboxylic acids is 1. The fourth-order valence-electron chi connectivity index (χ4n) is 1.41. The number of halogens is 4. The maximum atomic E-state index is 13.1. The third-order valence-corrected chi connectivity index (χ3v) is 2.33. The summed E-state index contributed by atoms with van der Waals surface area (Å²) in [5, 5.41) is 8.62. The smallest absolute Gasteiger partial charge is 0.384 e. The van der Waals surface area contributed by atoms with Crippen LogP contribution < -0.4 is 10.6 Å². The molecule has 0 radical (unpaired) electrons. The number of alkyl halides is 4. The molecular formula is C11H10F4N2O3. The Morgan fingerprint density at radius 1 is 1.30 bits per heavy atom. The van der Waals surface area contributed by atoms with Crippen LogP contribution in [-0.2, 0) is 9.59 Å². The third kappa shape index (κ3) is 3.16. The van der Waals surface area contributed by atoms with E-state index in [-0.39, 0.29) is 16.3 Å². The number of carboxylic acid groups (broad SMARTS) is 1. The van der Waals surface area contributed by atoms with Crippen molar-refractivity contribution < 1.29 is 32.3 Å².